The van der Waals surface area contributed by atoms with Gasteiger partial charge in [-0.1, -0.05) is 12.1 Å². The van der Waals surface area contributed by atoms with Crippen LogP contribution in [-0.2, 0) is 6.54 Å². The van der Waals surface area contributed by atoms with E-state index in [1.54, 1.807) is 12.5 Å². The largest absolute Gasteiger partial charge is 0.354 e. The minimum absolute atomic E-state index is 0.396. The monoisotopic (exact) mass is 409 g/mol. The van der Waals surface area contributed by atoms with E-state index in [0.29, 0.717) is 12.6 Å². The number of aromatic nitrogens is 3. The molecule has 1 aliphatic heterocycles. The van der Waals surface area contributed by atoms with Gasteiger partial charge in [0.05, 0.1) is 6.04 Å². The molecule has 1 atom stereocenters. The quantitative estimate of drug-likeness (QED) is 0.464. The Morgan fingerprint density at radius 2 is 2.14 bits per heavy atom. The molecule has 7 nitrogen and oxygen atoms in total. The molecule has 1 fully saturated rings. The van der Waals surface area contributed by atoms with Crippen molar-refractivity contribution in [1.29, 1.82) is 0 Å². The summed E-state index contributed by atoms with van der Waals surface area (Å²) in [5.41, 5.74) is 1.10. The Kier molecular flexibility index (Phi) is 6.53. The molecule has 152 valence electrons. The van der Waals surface area contributed by atoms with E-state index in [2.05, 4.69) is 54.1 Å². The molecule has 0 saturated carbocycles. The van der Waals surface area contributed by atoms with Gasteiger partial charge in [0.25, 0.3) is 0 Å². The lowest BCUT2D eigenvalue weighted by Gasteiger charge is -2.27. The highest BCUT2D eigenvalue weighted by Gasteiger charge is 2.24. The van der Waals surface area contributed by atoms with Crippen molar-refractivity contribution in [2.45, 2.75) is 25.4 Å². The first-order valence-corrected chi connectivity index (χ1v) is 10.9. The normalized spacial score (nSPS) is 16.1. The molecule has 0 radical (unpaired) electrons. The molecule has 1 unspecified atom stereocenters. The summed E-state index contributed by atoms with van der Waals surface area (Å²) in [4.78, 5) is 16.9. The summed E-state index contributed by atoms with van der Waals surface area (Å²) < 4.78 is 1.89. The van der Waals surface area contributed by atoms with E-state index in [9.17, 15) is 0 Å². The van der Waals surface area contributed by atoms with Crippen LogP contribution in [-0.4, -0.2) is 52.1 Å². The number of hydrogen-bond donors (Lipinski definition) is 2. The van der Waals surface area contributed by atoms with Gasteiger partial charge in [-0.05, 0) is 49.0 Å². The number of hydrogen-bond acceptors (Lipinski definition) is 5. The summed E-state index contributed by atoms with van der Waals surface area (Å²) in [6, 6.07) is 8.83. The maximum absolute atomic E-state index is 4.50. The van der Waals surface area contributed by atoms with Gasteiger partial charge in [-0.2, -0.15) is 0 Å². The summed E-state index contributed by atoms with van der Waals surface area (Å²) >= 11 is 1.83. The van der Waals surface area contributed by atoms with Crippen molar-refractivity contribution in [2.24, 2.45) is 4.99 Å². The maximum Gasteiger partial charge on any atom is 0.191 e. The molecule has 3 aromatic rings. The van der Waals surface area contributed by atoms with Gasteiger partial charge in [0.1, 0.15) is 12.1 Å². The number of rotatable bonds is 7. The van der Waals surface area contributed by atoms with Crippen molar-refractivity contribution in [3.63, 3.8) is 0 Å². The van der Waals surface area contributed by atoms with Gasteiger partial charge in [-0.25, -0.2) is 9.97 Å². The van der Waals surface area contributed by atoms with Crippen LogP contribution in [0.5, 0.6) is 0 Å². The second kappa shape index (κ2) is 9.67. The Bertz CT molecular complexity index is 882. The first-order chi connectivity index (χ1) is 14.3. The molecule has 0 amide bonds. The SMILES string of the molecule is CN=C(NCc1ccc(-n2ccnc2)nc1)NCC(c1cccs1)N1CCCC1. The first kappa shape index (κ1) is 19.6. The lowest BCUT2D eigenvalue weighted by Crippen LogP contribution is -2.42. The van der Waals surface area contributed by atoms with Gasteiger partial charge >= 0.3 is 0 Å². The summed E-state index contributed by atoms with van der Waals surface area (Å²) in [7, 11) is 1.81. The summed E-state index contributed by atoms with van der Waals surface area (Å²) in [5, 5.41) is 9.06. The molecule has 8 heteroatoms. The number of imidazole rings is 1. The predicted octanol–water partition coefficient (Wildman–Crippen LogP) is 2.83. The Labute approximate surface area is 175 Å². The highest BCUT2D eigenvalue weighted by Crippen LogP contribution is 2.27. The van der Waals surface area contributed by atoms with Crippen LogP contribution >= 0.6 is 11.3 Å². The molecular formula is C21H27N7S. The third-order valence-corrected chi connectivity index (χ3v) is 6.15. The fraction of sp³-hybridized carbons (Fsp3) is 0.381. The predicted molar refractivity (Wildman–Crippen MR) is 117 cm³/mol. The summed E-state index contributed by atoms with van der Waals surface area (Å²) in [6.07, 6.45) is 9.84. The minimum Gasteiger partial charge on any atom is -0.354 e. The number of nitrogens with one attached hydrogen (secondary N) is 2. The van der Waals surface area contributed by atoms with Crippen molar-refractivity contribution in [3.05, 3.63) is 65.0 Å². The van der Waals surface area contributed by atoms with Crippen LogP contribution in [0.25, 0.3) is 5.82 Å². The molecule has 2 N–H and O–H groups in total. The van der Waals surface area contributed by atoms with E-state index in [-0.39, 0.29) is 0 Å². The van der Waals surface area contributed by atoms with Crippen molar-refractivity contribution >= 4 is 17.3 Å². The van der Waals surface area contributed by atoms with Crippen molar-refractivity contribution in [1.82, 2.24) is 30.1 Å². The fourth-order valence-corrected chi connectivity index (χ4v) is 4.47. The van der Waals surface area contributed by atoms with Crippen molar-refractivity contribution in [3.8, 4) is 5.82 Å². The van der Waals surface area contributed by atoms with E-state index in [1.165, 1.54) is 30.8 Å². The number of pyridine rings is 1. The van der Waals surface area contributed by atoms with Gasteiger partial charge < -0.3 is 10.6 Å². The van der Waals surface area contributed by atoms with Crippen LogP contribution in [0, 0.1) is 0 Å². The average Bonchev–Trinajstić information content (AvgIpc) is 3.54. The Hall–Kier alpha value is -2.71. The molecule has 4 rings (SSSR count). The number of guanidine groups is 1. The van der Waals surface area contributed by atoms with Crippen molar-refractivity contribution < 1.29 is 0 Å². The number of likely N-dealkylation sites (tertiary alicyclic amines) is 1. The number of nitrogens with zero attached hydrogens (tertiary/aromatic N) is 5. The van der Waals surface area contributed by atoms with Gasteiger partial charge in [-0.15, -0.1) is 11.3 Å². The van der Waals surface area contributed by atoms with Crippen LogP contribution in [0.15, 0.2) is 59.6 Å². The van der Waals surface area contributed by atoms with Gasteiger partial charge in [0.15, 0.2) is 5.96 Å². The van der Waals surface area contributed by atoms with Crippen LogP contribution in [0.2, 0.25) is 0 Å². The Balaban J connectivity index is 1.32. The zero-order chi connectivity index (χ0) is 19.9. The fourth-order valence-electron chi connectivity index (χ4n) is 3.61. The smallest absolute Gasteiger partial charge is 0.191 e. The molecule has 1 saturated heterocycles. The molecule has 0 aliphatic carbocycles. The van der Waals surface area contributed by atoms with E-state index in [1.807, 2.05) is 41.4 Å². The van der Waals surface area contributed by atoms with Crippen LogP contribution in [0.4, 0.5) is 0 Å². The second-order valence-electron chi connectivity index (χ2n) is 7.08. The van der Waals surface area contributed by atoms with Crippen molar-refractivity contribution in [2.75, 3.05) is 26.7 Å². The molecule has 29 heavy (non-hydrogen) atoms. The van der Waals surface area contributed by atoms with Crippen LogP contribution < -0.4 is 10.6 Å². The van der Waals surface area contributed by atoms with Gasteiger partial charge in [0.2, 0.25) is 0 Å². The lowest BCUT2D eigenvalue weighted by molar-refractivity contribution is 0.249. The van der Waals surface area contributed by atoms with E-state index in [0.717, 1.165) is 23.9 Å². The van der Waals surface area contributed by atoms with E-state index < -0.39 is 0 Å². The standard InChI is InChI=1S/C21H27N7S/c1-22-21(25-14-17-6-7-20(24-13-17)28-11-8-23-16-28)26-15-18(19-5-4-12-29-19)27-9-2-3-10-27/h4-8,11-13,16,18H,2-3,9-10,14-15H2,1H3,(H2,22,25,26). The third kappa shape index (κ3) is 5.02. The molecule has 0 aromatic carbocycles. The average molecular weight is 410 g/mol. The number of thiophene rings is 1. The molecule has 0 spiro atoms. The zero-order valence-electron chi connectivity index (χ0n) is 16.7. The molecule has 0 bridgehead atoms. The lowest BCUT2D eigenvalue weighted by atomic mass is 10.2. The summed E-state index contributed by atoms with van der Waals surface area (Å²) in [5.74, 6) is 1.67. The van der Waals surface area contributed by atoms with E-state index in [4.69, 9.17) is 0 Å². The highest BCUT2D eigenvalue weighted by atomic mass is 32.1. The molecular weight excluding hydrogens is 382 g/mol. The first-order valence-electron chi connectivity index (χ1n) is 9.99. The zero-order valence-corrected chi connectivity index (χ0v) is 17.5. The van der Waals surface area contributed by atoms with E-state index >= 15 is 0 Å². The maximum atomic E-state index is 4.50. The van der Waals surface area contributed by atoms with Gasteiger partial charge in [-0.3, -0.25) is 14.5 Å². The molecule has 1 aliphatic rings. The Morgan fingerprint density at radius 3 is 2.79 bits per heavy atom. The summed E-state index contributed by atoms with van der Waals surface area (Å²) in [6.45, 7) is 3.86. The highest BCUT2D eigenvalue weighted by molar-refractivity contribution is 7.10. The Morgan fingerprint density at radius 1 is 1.24 bits per heavy atom. The minimum atomic E-state index is 0.396. The topological polar surface area (TPSA) is 70.4 Å². The van der Waals surface area contributed by atoms with Crippen LogP contribution in [0.1, 0.15) is 29.3 Å². The van der Waals surface area contributed by atoms with Gasteiger partial charge in [0, 0.05) is 43.6 Å². The molecule has 4 heterocycles. The molecule has 3 aromatic heterocycles. The third-order valence-electron chi connectivity index (χ3n) is 5.18. The van der Waals surface area contributed by atoms with Crippen LogP contribution in [0.3, 0.4) is 0 Å². The number of aliphatic imine (C=N–C) groups is 1. The second-order valence-corrected chi connectivity index (χ2v) is 8.05.